The fraction of sp³-hybridized carbons (Fsp3) is 0.222. The van der Waals surface area contributed by atoms with Gasteiger partial charge in [-0.3, -0.25) is 14.2 Å². The number of amides is 1. The topological polar surface area (TPSA) is 73.1 Å². The van der Waals surface area contributed by atoms with Crippen molar-refractivity contribution in [3.8, 4) is 5.69 Å². The van der Waals surface area contributed by atoms with Crippen LogP contribution in [-0.4, -0.2) is 15.0 Å². The van der Waals surface area contributed by atoms with Crippen LogP contribution in [-0.2, 0) is 17.5 Å². The van der Waals surface area contributed by atoms with Crippen molar-refractivity contribution in [2.75, 3.05) is 0 Å². The summed E-state index contributed by atoms with van der Waals surface area (Å²) in [5, 5.41) is 3.23. The average Bonchev–Trinajstić information content (AvgIpc) is 2.87. The standard InChI is InChI=1S/C27H23ClF3N3O3/c1-3-22(24(35)32-15-17-7-6-8-18(13-17)27(29,30)31)34-23-10-5-4-9-20(23)25(36)33(26(34)37)19-12-11-16(2)21(28)14-19/h4-14,22H,3,15H2,1-2H3,(H,32,35)/t22-/m0/s1. The molecule has 1 heterocycles. The molecule has 1 atom stereocenters. The molecule has 3 aromatic carbocycles. The van der Waals surface area contributed by atoms with E-state index in [4.69, 9.17) is 11.6 Å². The maximum Gasteiger partial charge on any atom is 0.416 e. The van der Waals surface area contributed by atoms with Crippen molar-refractivity contribution < 1.29 is 18.0 Å². The SMILES string of the molecule is CC[C@@H](C(=O)NCc1cccc(C(F)(F)F)c1)n1c(=O)n(-c2ccc(C)c(Cl)c2)c(=O)c2ccccc21. The Labute approximate surface area is 214 Å². The molecule has 1 aromatic heterocycles. The highest BCUT2D eigenvalue weighted by atomic mass is 35.5. The lowest BCUT2D eigenvalue weighted by molar-refractivity contribution is -0.137. The zero-order chi connectivity index (χ0) is 26.9. The van der Waals surface area contributed by atoms with Gasteiger partial charge in [0, 0.05) is 11.6 Å². The van der Waals surface area contributed by atoms with Gasteiger partial charge in [0.1, 0.15) is 6.04 Å². The van der Waals surface area contributed by atoms with Crippen LogP contribution in [0.1, 0.15) is 36.1 Å². The van der Waals surface area contributed by atoms with Gasteiger partial charge in [0.2, 0.25) is 5.91 Å². The van der Waals surface area contributed by atoms with Crippen molar-refractivity contribution in [3.63, 3.8) is 0 Å². The molecule has 0 aliphatic heterocycles. The zero-order valence-corrected chi connectivity index (χ0v) is 20.7. The summed E-state index contributed by atoms with van der Waals surface area (Å²) in [4.78, 5) is 40.3. The number of aryl methyl sites for hydroxylation is 1. The van der Waals surface area contributed by atoms with Crippen LogP contribution < -0.4 is 16.6 Å². The van der Waals surface area contributed by atoms with E-state index in [0.717, 1.165) is 22.3 Å². The molecule has 0 aliphatic carbocycles. The van der Waals surface area contributed by atoms with Crippen molar-refractivity contribution in [2.45, 2.75) is 39.0 Å². The summed E-state index contributed by atoms with van der Waals surface area (Å²) in [6.45, 7) is 3.32. The second kappa shape index (κ2) is 10.3. The van der Waals surface area contributed by atoms with E-state index in [9.17, 15) is 27.6 Å². The minimum Gasteiger partial charge on any atom is -0.350 e. The predicted octanol–water partition coefficient (Wildman–Crippen LogP) is 5.40. The molecule has 37 heavy (non-hydrogen) atoms. The van der Waals surface area contributed by atoms with Crippen molar-refractivity contribution in [1.82, 2.24) is 14.5 Å². The normalized spacial score (nSPS) is 12.5. The van der Waals surface area contributed by atoms with Gasteiger partial charge >= 0.3 is 11.9 Å². The Morgan fingerprint density at radius 2 is 1.76 bits per heavy atom. The molecular formula is C27H23ClF3N3O3. The molecule has 4 aromatic rings. The monoisotopic (exact) mass is 529 g/mol. The summed E-state index contributed by atoms with van der Waals surface area (Å²) in [5.41, 5.74) is -0.565. The van der Waals surface area contributed by atoms with Crippen LogP contribution in [0.25, 0.3) is 16.6 Å². The lowest BCUT2D eigenvalue weighted by Crippen LogP contribution is -2.44. The summed E-state index contributed by atoms with van der Waals surface area (Å²) in [6, 6.07) is 14.8. The van der Waals surface area contributed by atoms with Crippen LogP contribution in [0.2, 0.25) is 5.02 Å². The molecule has 192 valence electrons. The number of fused-ring (bicyclic) bond motifs is 1. The van der Waals surface area contributed by atoms with Crippen LogP contribution in [0, 0.1) is 6.92 Å². The van der Waals surface area contributed by atoms with Gasteiger partial charge in [-0.15, -0.1) is 0 Å². The second-order valence-corrected chi connectivity index (χ2v) is 8.99. The molecule has 0 saturated carbocycles. The Bertz CT molecular complexity index is 1610. The molecule has 6 nitrogen and oxygen atoms in total. The van der Waals surface area contributed by atoms with E-state index < -0.39 is 34.9 Å². The Hall–Kier alpha value is -3.85. The number of para-hydroxylation sites is 1. The first-order chi connectivity index (χ1) is 17.5. The van der Waals surface area contributed by atoms with Crippen molar-refractivity contribution >= 4 is 28.4 Å². The molecule has 4 rings (SSSR count). The fourth-order valence-electron chi connectivity index (χ4n) is 4.18. The van der Waals surface area contributed by atoms with E-state index in [1.54, 1.807) is 50.2 Å². The molecule has 0 fully saturated rings. The molecule has 0 unspecified atom stereocenters. The van der Waals surface area contributed by atoms with E-state index in [0.29, 0.717) is 5.02 Å². The predicted molar refractivity (Wildman–Crippen MR) is 136 cm³/mol. The number of carbonyl (C=O) groups excluding carboxylic acids is 1. The van der Waals surface area contributed by atoms with E-state index in [1.807, 2.05) is 0 Å². The Kier molecular flexibility index (Phi) is 7.27. The number of rotatable bonds is 6. The molecule has 0 saturated heterocycles. The highest BCUT2D eigenvalue weighted by Crippen LogP contribution is 2.29. The summed E-state index contributed by atoms with van der Waals surface area (Å²) in [5.74, 6) is -0.570. The van der Waals surface area contributed by atoms with E-state index >= 15 is 0 Å². The van der Waals surface area contributed by atoms with Gasteiger partial charge in [0.05, 0.1) is 22.2 Å². The highest BCUT2D eigenvalue weighted by molar-refractivity contribution is 6.31. The third-order valence-corrected chi connectivity index (χ3v) is 6.54. The molecule has 0 aliphatic rings. The first kappa shape index (κ1) is 26.2. The van der Waals surface area contributed by atoms with Gasteiger partial charge in [0.15, 0.2) is 0 Å². The second-order valence-electron chi connectivity index (χ2n) is 8.58. The highest BCUT2D eigenvalue weighted by Gasteiger charge is 2.30. The molecule has 1 N–H and O–H groups in total. The minimum absolute atomic E-state index is 0.168. The summed E-state index contributed by atoms with van der Waals surface area (Å²) >= 11 is 6.25. The summed E-state index contributed by atoms with van der Waals surface area (Å²) in [6.07, 6.45) is -4.32. The van der Waals surface area contributed by atoms with E-state index in [-0.39, 0.29) is 35.1 Å². The van der Waals surface area contributed by atoms with Gasteiger partial charge in [-0.1, -0.05) is 48.9 Å². The number of nitrogens with zero attached hydrogens (tertiary/aromatic N) is 2. The maximum atomic E-state index is 13.7. The Balaban J connectivity index is 1.78. The Morgan fingerprint density at radius 1 is 1.03 bits per heavy atom. The molecule has 1 amide bonds. The number of nitrogens with one attached hydrogen (secondary N) is 1. The number of alkyl halides is 3. The largest absolute Gasteiger partial charge is 0.416 e. The van der Waals surface area contributed by atoms with Crippen molar-refractivity contribution in [1.29, 1.82) is 0 Å². The van der Waals surface area contributed by atoms with E-state index in [2.05, 4.69) is 5.32 Å². The van der Waals surface area contributed by atoms with Crippen molar-refractivity contribution in [3.05, 3.63) is 109 Å². The maximum absolute atomic E-state index is 13.7. The number of hydrogen-bond acceptors (Lipinski definition) is 3. The number of halogens is 4. The van der Waals surface area contributed by atoms with Crippen LogP contribution in [0.3, 0.4) is 0 Å². The third-order valence-electron chi connectivity index (χ3n) is 6.13. The summed E-state index contributed by atoms with van der Waals surface area (Å²) < 4.78 is 41.4. The Morgan fingerprint density at radius 3 is 2.43 bits per heavy atom. The van der Waals surface area contributed by atoms with E-state index in [1.165, 1.54) is 22.8 Å². The minimum atomic E-state index is -4.51. The number of benzene rings is 3. The number of aromatic nitrogens is 2. The molecular weight excluding hydrogens is 507 g/mol. The average molecular weight is 530 g/mol. The van der Waals surface area contributed by atoms with Crippen LogP contribution >= 0.6 is 11.6 Å². The van der Waals surface area contributed by atoms with Crippen LogP contribution in [0.5, 0.6) is 0 Å². The van der Waals surface area contributed by atoms with Gasteiger partial charge in [-0.05, 0) is 60.9 Å². The lowest BCUT2D eigenvalue weighted by Gasteiger charge is -2.22. The summed E-state index contributed by atoms with van der Waals surface area (Å²) in [7, 11) is 0. The van der Waals surface area contributed by atoms with Crippen molar-refractivity contribution in [2.24, 2.45) is 0 Å². The van der Waals surface area contributed by atoms with Gasteiger partial charge in [0.25, 0.3) is 5.56 Å². The molecule has 0 bridgehead atoms. The fourth-order valence-corrected chi connectivity index (χ4v) is 4.36. The van der Waals surface area contributed by atoms with Gasteiger partial charge < -0.3 is 5.32 Å². The lowest BCUT2D eigenvalue weighted by atomic mass is 10.1. The van der Waals surface area contributed by atoms with Crippen LogP contribution in [0.4, 0.5) is 13.2 Å². The molecule has 0 radical (unpaired) electrons. The molecule has 0 spiro atoms. The smallest absolute Gasteiger partial charge is 0.350 e. The first-order valence-electron chi connectivity index (χ1n) is 11.5. The number of hydrogen-bond donors (Lipinski definition) is 1. The van der Waals surface area contributed by atoms with Gasteiger partial charge in [-0.2, -0.15) is 13.2 Å². The molecule has 10 heteroatoms. The quantitative estimate of drug-likeness (QED) is 0.363. The van der Waals surface area contributed by atoms with Crippen LogP contribution in [0.15, 0.2) is 76.3 Å². The third kappa shape index (κ3) is 5.17. The number of carbonyl (C=O) groups is 1. The first-order valence-corrected chi connectivity index (χ1v) is 11.9. The zero-order valence-electron chi connectivity index (χ0n) is 20.0. The van der Waals surface area contributed by atoms with Gasteiger partial charge in [-0.25, -0.2) is 9.36 Å².